The number of nitrogens with zero attached hydrogens (tertiary/aromatic N) is 1. The van der Waals surface area contributed by atoms with Crippen LogP contribution in [0.15, 0.2) is 53.4 Å². The molecule has 1 aliphatic rings. The summed E-state index contributed by atoms with van der Waals surface area (Å²) in [4.78, 5) is 12.6. The predicted molar refractivity (Wildman–Crippen MR) is 126 cm³/mol. The molecule has 0 aromatic heterocycles. The molecule has 0 spiro atoms. The van der Waals surface area contributed by atoms with E-state index < -0.39 is 28.3 Å². The predicted octanol–water partition coefficient (Wildman–Crippen LogP) is 4.21. The van der Waals surface area contributed by atoms with Crippen molar-refractivity contribution in [1.82, 2.24) is 5.32 Å². The van der Waals surface area contributed by atoms with Crippen LogP contribution in [0.3, 0.4) is 0 Å². The van der Waals surface area contributed by atoms with Crippen molar-refractivity contribution in [3.05, 3.63) is 54.3 Å². The second-order valence-corrected chi connectivity index (χ2v) is 10.8. The molecule has 1 fully saturated rings. The summed E-state index contributed by atoms with van der Waals surface area (Å²) in [5.74, 6) is 0.451. The Morgan fingerprint density at radius 1 is 1.12 bits per heavy atom. The van der Waals surface area contributed by atoms with E-state index >= 15 is 0 Å². The largest absolute Gasteiger partial charge is 0.494 e. The lowest BCUT2D eigenvalue weighted by molar-refractivity contribution is -0.119. The van der Waals surface area contributed by atoms with Crippen molar-refractivity contribution < 1.29 is 22.3 Å². The number of nitrogens with one attached hydrogen (secondary N) is 1. The maximum Gasteiger partial charge on any atom is 0.264 e. The molecule has 3 rings (SSSR count). The van der Waals surface area contributed by atoms with E-state index in [-0.39, 0.29) is 10.6 Å². The Bertz CT molecular complexity index is 976. The monoisotopic (exact) mass is 480 g/mol. The van der Waals surface area contributed by atoms with Crippen LogP contribution < -0.4 is 14.4 Å². The molecule has 1 amide bonds. The van der Waals surface area contributed by atoms with E-state index in [9.17, 15) is 17.6 Å². The molecule has 0 unspecified atom stereocenters. The van der Waals surface area contributed by atoms with Crippen molar-refractivity contribution in [1.29, 1.82) is 0 Å². The van der Waals surface area contributed by atoms with Crippen LogP contribution in [0.1, 0.15) is 32.6 Å². The summed E-state index contributed by atoms with van der Waals surface area (Å²) in [5.41, 5.74) is 0.218. The highest BCUT2D eigenvalue weighted by Gasteiger charge is 2.27. The topological polar surface area (TPSA) is 75.7 Å². The van der Waals surface area contributed by atoms with Gasteiger partial charge in [0.25, 0.3) is 10.0 Å². The number of rotatable bonds is 11. The Morgan fingerprint density at radius 2 is 1.78 bits per heavy atom. The lowest BCUT2D eigenvalue weighted by Crippen LogP contribution is -2.41. The van der Waals surface area contributed by atoms with Gasteiger partial charge in [0.05, 0.1) is 17.2 Å². The maximum absolute atomic E-state index is 13.4. The first-order valence-corrected chi connectivity index (χ1v) is 13.3. The Morgan fingerprint density at radius 3 is 2.41 bits per heavy atom. The first kappa shape index (κ1) is 24.4. The van der Waals surface area contributed by atoms with Crippen molar-refractivity contribution in [3.63, 3.8) is 0 Å². The van der Waals surface area contributed by atoms with Crippen LogP contribution in [0.2, 0.25) is 0 Å². The lowest BCUT2D eigenvalue weighted by Gasteiger charge is -2.24. The number of benzene rings is 2. The number of anilines is 1. The van der Waals surface area contributed by atoms with Crippen molar-refractivity contribution in [2.45, 2.75) is 42.8 Å². The number of thioether (sulfide) groups is 1. The van der Waals surface area contributed by atoms with Crippen LogP contribution in [-0.4, -0.2) is 45.0 Å². The smallest absolute Gasteiger partial charge is 0.264 e. The van der Waals surface area contributed by atoms with Crippen LogP contribution in [0.25, 0.3) is 0 Å². The molecule has 2 aromatic rings. The molecule has 32 heavy (non-hydrogen) atoms. The van der Waals surface area contributed by atoms with Crippen LogP contribution >= 0.6 is 11.8 Å². The molecule has 174 valence electrons. The van der Waals surface area contributed by atoms with Crippen LogP contribution in [-0.2, 0) is 14.8 Å². The van der Waals surface area contributed by atoms with E-state index in [0.29, 0.717) is 24.2 Å². The molecule has 1 aliphatic carbocycles. The van der Waals surface area contributed by atoms with Gasteiger partial charge < -0.3 is 10.1 Å². The average molecular weight is 481 g/mol. The number of hydrogen-bond acceptors (Lipinski definition) is 5. The third-order valence-corrected chi connectivity index (χ3v) is 8.38. The molecule has 1 saturated carbocycles. The highest BCUT2D eigenvalue weighted by molar-refractivity contribution is 7.99. The van der Waals surface area contributed by atoms with Crippen molar-refractivity contribution in [3.8, 4) is 5.75 Å². The van der Waals surface area contributed by atoms with E-state index in [1.54, 1.807) is 12.1 Å². The molecule has 0 bridgehead atoms. The van der Waals surface area contributed by atoms with Gasteiger partial charge in [0, 0.05) is 17.5 Å². The fourth-order valence-corrected chi connectivity index (χ4v) is 6.22. The fourth-order valence-electron chi connectivity index (χ4n) is 3.58. The van der Waals surface area contributed by atoms with Gasteiger partial charge in [0.2, 0.25) is 5.91 Å². The molecule has 0 saturated heterocycles. The number of halogens is 1. The number of carbonyl (C=O) groups is 1. The summed E-state index contributed by atoms with van der Waals surface area (Å²) in [6, 6.07) is 11.1. The van der Waals surface area contributed by atoms with E-state index in [1.807, 2.05) is 18.7 Å². The van der Waals surface area contributed by atoms with Gasteiger partial charge in [-0.1, -0.05) is 12.8 Å². The minimum Gasteiger partial charge on any atom is -0.494 e. The van der Waals surface area contributed by atoms with E-state index in [4.69, 9.17) is 4.74 Å². The van der Waals surface area contributed by atoms with Gasteiger partial charge in [-0.3, -0.25) is 9.10 Å². The van der Waals surface area contributed by atoms with E-state index in [0.717, 1.165) is 10.1 Å². The second kappa shape index (κ2) is 11.6. The van der Waals surface area contributed by atoms with Crippen LogP contribution in [0, 0.1) is 5.82 Å². The van der Waals surface area contributed by atoms with Gasteiger partial charge in [0.1, 0.15) is 18.1 Å². The molecule has 6 nitrogen and oxygen atoms in total. The standard InChI is InChI=1S/C23H29FN2O4S2/c1-2-30-20-11-13-22(14-12-20)32(28,29)26(19-9-7-18(24)8-10-19)17-23(27)25-15-16-31-21-5-3-4-6-21/h7-14,21H,2-6,15-17H2,1H3,(H,25,27). The number of carbonyl (C=O) groups excluding carboxylic acids is 1. The summed E-state index contributed by atoms with van der Waals surface area (Å²) in [6.07, 6.45) is 4.97. The SMILES string of the molecule is CCOc1ccc(S(=O)(=O)N(CC(=O)NCCSC2CCCC2)c2ccc(F)cc2)cc1. The third-order valence-electron chi connectivity index (χ3n) is 5.20. The molecule has 0 heterocycles. The first-order valence-electron chi connectivity index (χ1n) is 10.8. The van der Waals surface area contributed by atoms with Gasteiger partial charge in [0.15, 0.2) is 0 Å². The number of hydrogen-bond donors (Lipinski definition) is 1. The normalized spacial score (nSPS) is 14.3. The van der Waals surface area contributed by atoms with E-state index in [2.05, 4.69) is 5.32 Å². The van der Waals surface area contributed by atoms with Crippen molar-refractivity contribution in [2.75, 3.05) is 29.8 Å². The summed E-state index contributed by atoms with van der Waals surface area (Å²) in [7, 11) is -4.05. The zero-order chi connectivity index (χ0) is 23.0. The highest BCUT2D eigenvalue weighted by Crippen LogP contribution is 2.29. The van der Waals surface area contributed by atoms with Crippen molar-refractivity contribution in [2.24, 2.45) is 0 Å². The van der Waals surface area contributed by atoms with Crippen molar-refractivity contribution >= 4 is 33.4 Å². The van der Waals surface area contributed by atoms with Gasteiger partial charge >= 0.3 is 0 Å². The molecule has 0 aliphatic heterocycles. The summed E-state index contributed by atoms with van der Waals surface area (Å²) in [5, 5.41) is 3.46. The third kappa shape index (κ3) is 6.62. The number of sulfonamides is 1. The van der Waals surface area contributed by atoms with E-state index in [1.165, 1.54) is 62.1 Å². The minimum atomic E-state index is -4.05. The Kier molecular flexibility index (Phi) is 8.81. The second-order valence-electron chi connectivity index (χ2n) is 7.52. The molecule has 0 atom stereocenters. The molecular weight excluding hydrogens is 451 g/mol. The molecular formula is C23H29FN2O4S2. The first-order chi connectivity index (χ1) is 15.4. The Hall–Kier alpha value is -2.26. The summed E-state index contributed by atoms with van der Waals surface area (Å²) in [6.45, 7) is 2.38. The maximum atomic E-state index is 13.4. The van der Waals surface area contributed by atoms with Crippen LogP contribution in [0.5, 0.6) is 5.75 Å². The fraction of sp³-hybridized carbons (Fsp3) is 0.435. The molecule has 2 aromatic carbocycles. The molecule has 9 heteroatoms. The summed E-state index contributed by atoms with van der Waals surface area (Å²) < 4.78 is 46.5. The highest BCUT2D eigenvalue weighted by atomic mass is 32.2. The lowest BCUT2D eigenvalue weighted by atomic mass is 10.3. The van der Waals surface area contributed by atoms with Gasteiger partial charge in [-0.05, 0) is 68.3 Å². The van der Waals surface area contributed by atoms with Crippen LogP contribution in [0.4, 0.5) is 10.1 Å². The van der Waals surface area contributed by atoms with Gasteiger partial charge in [-0.2, -0.15) is 11.8 Å². The average Bonchev–Trinajstić information content (AvgIpc) is 3.30. The quantitative estimate of drug-likeness (QED) is 0.488. The zero-order valence-electron chi connectivity index (χ0n) is 18.1. The Labute approximate surface area is 193 Å². The Balaban J connectivity index is 1.71. The van der Waals surface area contributed by atoms with Gasteiger partial charge in [-0.15, -0.1) is 0 Å². The molecule has 0 radical (unpaired) electrons. The number of amides is 1. The summed E-state index contributed by atoms with van der Waals surface area (Å²) >= 11 is 1.85. The van der Waals surface area contributed by atoms with Gasteiger partial charge in [-0.25, -0.2) is 12.8 Å². The minimum absolute atomic E-state index is 0.0230. The zero-order valence-corrected chi connectivity index (χ0v) is 19.8. The molecule has 1 N–H and O–H groups in total. The number of ether oxygens (including phenoxy) is 1.